The molecule has 0 amide bonds. The number of likely N-dealkylation sites (N-methyl/N-ethyl adjacent to an activating group) is 1. The lowest BCUT2D eigenvalue weighted by Crippen LogP contribution is -2.22. The highest BCUT2D eigenvalue weighted by atomic mass is 35.5. The number of aryl methyl sites for hydroxylation is 1. The van der Waals surface area contributed by atoms with E-state index in [2.05, 4.69) is 10.3 Å². The number of hydrogen-bond acceptors (Lipinski definition) is 2. The average Bonchev–Trinajstić information content (AvgIpc) is 2.75. The molecule has 0 bridgehead atoms. The minimum Gasteiger partial charge on any atom is -0.337 e. The van der Waals surface area contributed by atoms with E-state index in [9.17, 15) is 0 Å². The first-order valence-electron chi connectivity index (χ1n) is 5.70. The number of nitrogens with one attached hydrogen (secondary N) is 1. The van der Waals surface area contributed by atoms with E-state index in [1.165, 1.54) is 0 Å². The van der Waals surface area contributed by atoms with E-state index in [4.69, 9.17) is 23.2 Å². The van der Waals surface area contributed by atoms with Crippen molar-refractivity contribution in [3.63, 3.8) is 0 Å². The second-order valence-corrected chi connectivity index (χ2v) is 5.02. The van der Waals surface area contributed by atoms with Crippen molar-refractivity contribution < 1.29 is 0 Å². The number of aromatic nitrogens is 2. The molecule has 0 fully saturated rings. The lowest BCUT2D eigenvalue weighted by atomic mass is 10.1. The lowest BCUT2D eigenvalue weighted by molar-refractivity contribution is 0.538. The monoisotopic (exact) mass is 283 g/mol. The summed E-state index contributed by atoms with van der Waals surface area (Å²) in [6, 6.07) is 5.71. The molecule has 2 rings (SSSR count). The largest absolute Gasteiger partial charge is 0.337 e. The predicted octanol–water partition coefficient (Wildman–Crippen LogP) is 3.23. The van der Waals surface area contributed by atoms with Crippen LogP contribution >= 0.6 is 23.2 Å². The van der Waals surface area contributed by atoms with Crippen LogP contribution < -0.4 is 5.32 Å². The number of imidazole rings is 1. The zero-order valence-electron chi connectivity index (χ0n) is 10.3. The van der Waals surface area contributed by atoms with Gasteiger partial charge in [0.2, 0.25) is 0 Å². The predicted molar refractivity (Wildman–Crippen MR) is 75.2 cm³/mol. The van der Waals surface area contributed by atoms with Crippen LogP contribution in [0.3, 0.4) is 0 Å². The molecule has 5 heteroatoms. The quantitative estimate of drug-likeness (QED) is 0.934. The van der Waals surface area contributed by atoms with Gasteiger partial charge in [0, 0.05) is 29.5 Å². The van der Waals surface area contributed by atoms with E-state index in [0.29, 0.717) is 10.0 Å². The van der Waals surface area contributed by atoms with Crippen molar-refractivity contribution in [3.05, 3.63) is 52.0 Å². The third kappa shape index (κ3) is 2.86. The van der Waals surface area contributed by atoms with Gasteiger partial charge in [-0.05, 0) is 31.2 Å². The SMILES string of the molecule is CNC(Cc1ccc(Cl)cc1Cl)c1nccn1C. The van der Waals surface area contributed by atoms with Crippen LogP contribution in [0.4, 0.5) is 0 Å². The summed E-state index contributed by atoms with van der Waals surface area (Å²) in [7, 11) is 3.90. The van der Waals surface area contributed by atoms with Crippen LogP contribution in [0.1, 0.15) is 17.4 Å². The number of hydrogen-bond donors (Lipinski definition) is 1. The smallest absolute Gasteiger partial charge is 0.125 e. The highest BCUT2D eigenvalue weighted by Gasteiger charge is 2.15. The molecule has 1 N–H and O–H groups in total. The molecule has 18 heavy (non-hydrogen) atoms. The first-order valence-corrected chi connectivity index (χ1v) is 6.46. The number of rotatable bonds is 4. The molecule has 1 heterocycles. The van der Waals surface area contributed by atoms with Crippen molar-refractivity contribution in [3.8, 4) is 0 Å². The molecule has 0 saturated heterocycles. The molecular weight excluding hydrogens is 269 g/mol. The van der Waals surface area contributed by atoms with E-state index in [-0.39, 0.29) is 6.04 Å². The van der Waals surface area contributed by atoms with Crippen molar-refractivity contribution in [1.82, 2.24) is 14.9 Å². The van der Waals surface area contributed by atoms with Gasteiger partial charge in [0.15, 0.2) is 0 Å². The summed E-state index contributed by atoms with van der Waals surface area (Å²) in [4.78, 5) is 4.36. The Morgan fingerprint density at radius 2 is 2.17 bits per heavy atom. The molecule has 2 aromatic rings. The molecule has 0 aliphatic carbocycles. The van der Waals surface area contributed by atoms with Crippen LogP contribution in [-0.4, -0.2) is 16.6 Å². The van der Waals surface area contributed by atoms with Gasteiger partial charge in [-0.25, -0.2) is 4.98 Å². The van der Waals surface area contributed by atoms with Crippen LogP contribution in [0.25, 0.3) is 0 Å². The minimum absolute atomic E-state index is 0.128. The van der Waals surface area contributed by atoms with Crippen LogP contribution in [-0.2, 0) is 13.5 Å². The molecule has 1 aromatic carbocycles. The molecule has 0 saturated carbocycles. The molecule has 0 aliphatic heterocycles. The van der Waals surface area contributed by atoms with Gasteiger partial charge < -0.3 is 9.88 Å². The molecule has 1 aromatic heterocycles. The summed E-state index contributed by atoms with van der Waals surface area (Å²) < 4.78 is 2.00. The maximum Gasteiger partial charge on any atom is 0.125 e. The first kappa shape index (κ1) is 13.4. The summed E-state index contributed by atoms with van der Waals surface area (Å²) in [5, 5.41) is 4.61. The lowest BCUT2D eigenvalue weighted by Gasteiger charge is -2.17. The fourth-order valence-electron chi connectivity index (χ4n) is 1.94. The van der Waals surface area contributed by atoms with Crippen molar-refractivity contribution >= 4 is 23.2 Å². The fraction of sp³-hybridized carbons (Fsp3) is 0.308. The number of benzene rings is 1. The van der Waals surface area contributed by atoms with Gasteiger partial charge in [-0.15, -0.1) is 0 Å². The molecule has 0 aliphatic rings. The number of halogens is 2. The Bertz CT molecular complexity index is 537. The second kappa shape index (κ2) is 5.74. The summed E-state index contributed by atoms with van der Waals surface area (Å²) in [5.41, 5.74) is 1.06. The zero-order valence-corrected chi connectivity index (χ0v) is 11.8. The minimum atomic E-state index is 0.128. The Kier molecular flexibility index (Phi) is 4.27. The Morgan fingerprint density at radius 1 is 1.39 bits per heavy atom. The highest BCUT2D eigenvalue weighted by molar-refractivity contribution is 6.35. The molecule has 0 radical (unpaired) electrons. The Labute approximate surface area is 117 Å². The van der Waals surface area contributed by atoms with E-state index in [1.807, 2.05) is 37.0 Å². The van der Waals surface area contributed by atoms with Crippen LogP contribution in [0.15, 0.2) is 30.6 Å². The third-order valence-electron chi connectivity index (χ3n) is 2.96. The Balaban J connectivity index is 2.23. The van der Waals surface area contributed by atoms with Gasteiger partial charge in [0.1, 0.15) is 5.82 Å². The summed E-state index contributed by atoms with van der Waals surface area (Å²) in [6.07, 6.45) is 4.50. The van der Waals surface area contributed by atoms with Crippen molar-refractivity contribution in [1.29, 1.82) is 0 Å². The van der Waals surface area contributed by atoms with Crippen molar-refractivity contribution in [2.45, 2.75) is 12.5 Å². The van der Waals surface area contributed by atoms with Gasteiger partial charge in [-0.2, -0.15) is 0 Å². The second-order valence-electron chi connectivity index (χ2n) is 4.18. The molecule has 1 atom stereocenters. The van der Waals surface area contributed by atoms with E-state index < -0.39 is 0 Å². The molecular formula is C13H15Cl2N3. The molecule has 3 nitrogen and oxygen atoms in total. The number of nitrogens with zero attached hydrogens (tertiary/aromatic N) is 2. The molecule has 1 unspecified atom stereocenters. The third-order valence-corrected chi connectivity index (χ3v) is 3.54. The van der Waals surface area contributed by atoms with Crippen molar-refractivity contribution in [2.24, 2.45) is 7.05 Å². The molecule has 0 spiro atoms. The summed E-state index contributed by atoms with van der Waals surface area (Å²) in [5.74, 6) is 0.989. The van der Waals surface area contributed by atoms with E-state index in [0.717, 1.165) is 17.8 Å². The fourth-order valence-corrected chi connectivity index (χ4v) is 2.43. The van der Waals surface area contributed by atoms with Crippen LogP contribution in [0.2, 0.25) is 10.0 Å². The summed E-state index contributed by atoms with van der Waals surface area (Å²) in [6.45, 7) is 0. The van der Waals surface area contributed by atoms with E-state index in [1.54, 1.807) is 12.3 Å². The first-order chi connectivity index (χ1) is 8.61. The summed E-state index contributed by atoms with van der Waals surface area (Å²) >= 11 is 12.1. The van der Waals surface area contributed by atoms with Gasteiger partial charge in [-0.1, -0.05) is 29.3 Å². The van der Waals surface area contributed by atoms with Crippen LogP contribution in [0.5, 0.6) is 0 Å². The van der Waals surface area contributed by atoms with E-state index >= 15 is 0 Å². The maximum atomic E-state index is 6.19. The normalized spacial score (nSPS) is 12.7. The standard InChI is InChI=1S/C13H15Cl2N3/c1-16-12(13-17-5-6-18(13)2)7-9-3-4-10(14)8-11(9)15/h3-6,8,12,16H,7H2,1-2H3. The van der Waals surface area contributed by atoms with Gasteiger partial charge in [0.25, 0.3) is 0 Å². The van der Waals surface area contributed by atoms with Gasteiger partial charge >= 0.3 is 0 Å². The van der Waals surface area contributed by atoms with Gasteiger partial charge in [0.05, 0.1) is 6.04 Å². The highest BCUT2D eigenvalue weighted by Crippen LogP contribution is 2.25. The Hall–Kier alpha value is -1.03. The van der Waals surface area contributed by atoms with Gasteiger partial charge in [-0.3, -0.25) is 0 Å². The van der Waals surface area contributed by atoms with Crippen LogP contribution in [0, 0.1) is 0 Å². The van der Waals surface area contributed by atoms with Crippen molar-refractivity contribution in [2.75, 3.05) is 7.05 Å². The molecule has 96 valence electrons. The Morgan fingerprint density at radius 3 is 2.72 bits per heavy atom. The topological polar surface area (TPSA) is 29.9 Å². The maximum absolute atomic E-state index is 6.19. The average molecular weight is 284 g/mol. The zero-order chi connectivity index (χ0) is 13.1.